The summed E-state index contributed by atoms with van der Waals surface area (Å²) in [4.78, 5) is 37.1. The fourth-order valence-corrected chi connectivity index (χ4v) is 9.17. The summed E-state index contributed by atoms with van der Waals surface area (Å²) in [6.45, 7) is 10.9. The standard InChI is InChI=1S/C44H50N8O6S/c1-25(2)41(44(56)52-23-31(53)17-37(52)43(55)46-26(3)28-11-13-29(14-12-28)42-27(4)45-24-59-42)39-20-40(49-58-39)57-16-8-15-51-21-30(22-51)35-19-34-36(50(35)5)18-33(47-48-34)32-9-6-7-10-38(32)54/h6-7,9-14,18-20,24-26,30-31,37,41,53-54H,8,15-17,21-23H2,1-5H3,(H,46,55)/t26-,31+,37?,41+/m0/s1. The second-order valence-electron chi connectivity index (χ2n) is 16.1. The van der Waals surface area contributed by atoms with E-state index >= 15 is 0 Å². The lowest BCUT2D eigenvalue weighted by Crippen LogP contribution is -2.48. The van der Waals surface area contributed by atoms with Gasteiger partial charge in [-0.25, -0.2) is 4.98 Å². The molecule has 6 aromatic rings. The van der Waals surface area contributed by atoms with Crippen molar-refractivity contribution in [3.05, 3.63) is 95.0 Å². The summed E-state index contributed by atoms with van der Waals surface area (Å²) in [6, 6.07) is 19.8. The molecular weight excluding hydrogens is 769 g/mol. The fourth-order valence-electron chi connectivity index (χ4n) is 8.36. The normalized spacial score (nSPS) is 18.3. The highest BCUT2D eigenvalue weighted by Gasteiger charge is 2.43. The van der Waals surface area contributed by atoms with Gasteiger partial charge in [0.25, 0.3) is 5.88 Å². The Hall–Kier alpha value is -5.64. The lowest BCUT2D eigenvalue weighted by Gasteiger charge is -2.39. The molecule has 2 aliphatic rings. The Morgan fingerprint density at radius 3 is 2.54 bits per heavy atom. The first-order valence-corrected chi connectivity index (χ1v) is 21.1. The molecule has 0 aliphatic carbocycles. The van der Waals surface area contributed by atoms with E-state index in [1.807, 2.05) is 82.7 Å². The van der Waals surface area contributed by atoms with Crippen LogP contribution in [0.25, 0.3) is 32.7 Å². The molecule has 14 nitrogen and oxygen atoms in total. The number of aromatic nitrogens is 5. The second-order valence-corrected chi connectivity index (χ2v) is 17.0. The molecule has 2 aromatic carbocycles. The molecule has 1 unspecified atom stereocenters. The summed E-state index contributed by atoms with van der Waals surface area (Å²) in [5.74, 6) is -0.271. The van der Waals surface area contributed by atoms with Crippen LogP contribution in [0.4, 0.5) is 0 Å². The number of aliphatic hydroxyl groups is 1. The van der Waals surface area contributed by atoms with Crippen molar-refractivity contribution in [1.29, 1.82) is 0 Å². The lowest BCUT2D eigenvalue weighted by atomic mass is 9.91. The molecule has 8 rings (SSSR count). The molecule has 15 heteroatoms. The van der Waals surface area contributed by atoms with Gasteiger partial charge >= 0.3 is 0 Å². The van der Waals surface area contributed by atoms with Crippen LogP contribution in [0.2, 0.25) is 0 Å². The van der Waals surface area contributed by atoms with Gasteiger partial charge in [0.1, 0.15) is 23.2 Å². The van der Waals surface area contributed by atoms with E-state index in [1.54, 1.807) is 29.5 Å². The van der Waals surface area contributed by atoms with Crippen molar-refractivity contribution in [3.8, 4) is 33.3 Å². The lowest BCUT2D eigenvalue weighted by molar-refractivity contribution is -0.141. The highest BCUT2D eigenvalue weighted by molar-refractivity contribution is 7.13. The summed E-state index contributed by atoms with van der Waals surface area (Å²) in [6.07, 6.45) is 0.114. The van der Waals surface area contributed by atoms with Gasteiger partial charge in [-0.05, 0) is 66.7 Å². The first kappa shape index (κ1) is 40.2. The molecule has 0 bridgehead atoms. The molecule has 2 saturated heterocycles. The highest BCUT2D eigenvalue weighted by Crippen LogP contribution is 2.35. The summed E-state index contributed by atoms with van der Waals surface area (Å²) >= 11 is 1.59. The fraction of sp³-hybridized carbons (Fsp3) is 0.409. The number of phenolic OH excluding ortho intramolecular Hbond substituents is 1. The van der Waals surface area contributed by atoms with Gasteiger partial charge in [-0.15, -0.1) is 21.5 Å². The number of aliphatic hydroxyl groups excluding tert-OH is 1. The molecule has 3 N–H and O–H groups in total. The minimum absolute atomic E-state index is 0.0570. The molecule has 0 spiro atoms. The first-order chi connectivity index (χ1) is 28.4. The summed E-state index contributed by atoms with van der Waals surface area (Å²) in [7, 11) is 2.05. The number of phenols is 1. The van der Waals surface area contributed by atoms with Crippen molar-refractivity contribution in [2.75, 3.05) is 32.8 Å². The SMILES string of the molecule is Cc1ncsc1-c1ccc([C@H](C)NC(=O)C2C[C@@H](O)CN2C(=O)[C@@H](c2cc(OCCCN3CC(c4cc5nnc(-c6ccccc6O)cc5n4C)C3)no2)C(C)C)cc1. The average Bonchev–Trinajstić information content (AvgIpc) is 4.01. The number of fused-ring (bicyclic) bond motifs is 1. The zero-order chi connectivity index (χ0) is 41.4. The van der Waals surface area contributed by atoms with Crippen molar-refractivity contribution in [2.24, 2.45) is 13.0 Å². The summed E-state index contributed by atoms with van der Waals surface area (Å²) < 4.78 is 13.8. The quantitative estimate of drug-likeness (QED) is 0.107. The van der Waals surface area contributed by atoms with Gasteiger partial charge in [0.2, 0.25) is 11.8 Å². The number of ether oxygens (including phenoxy) is 1. The number of nitrogens with one attached hydrogen (secondary N) is 1. The molecule has 4 aromatic heterocycles. The molecule has 0 saturated carbocycles. The van der Waals surface area contributed by atoms with Crippen LogP contribution in [-0.4, -0.2) is 102 Å². The van der Waals surface area contributed by atoms with E-state index in [-0.39, 0.29) is 42.5 Å². The van der Waals surface area contributed by atoms with E-state index in [0.29, 0.717) is 35.4 Å². The average molecular weight is 819 g/mol. The Balaban J connectivity index is 0.824. The van der Waals surface area contributed by atoms with Crippen molar-refractivity contribution < 1.29 is 29.1 Å². The maximum Gasteiger partial charge on any atom is 0.254 e. The monoisotopic (exact) mass is 818 g/mol. The van der Waals surface area contributed by atoms with Crippen LogP contribution < -0.4 is 10.1 Å². The molecule has 0 radical (unpaired) electrons. The summed E-state index contributed by atoms with van der Waals surface area (Å²) in [5.41, 5.74) is 9.11. The predicted molar refractivity (Wildman–Crippen MR) is 224 cm³/mol. The van der Waals surface area contributed by atoms with Gasteiger partial charge in [-0.3, -0.25) is 9.59 Å². The maximum atomic E-state index is 14.1. The van der Waals surface area contributed by atoms with Crippen LogP contribution in [0.15, 0.2) is 76.8 Å². The number of β-amino-alcohol motifs (C(OH)–C–C–N with tert-alkyl or cyclic N) is 1. The van der Waals surface area contributed by atoms with Gasteiger partial charge in [0, 0.05) is 62.9 Å². The zero-order valence-corrected chi connectivity index (χ0v) is 34.7. The van der Waals surface area contributed by atoms with E-state index in [1.165, 1.54) is 10.6 Å². The molecule has 308 valence electrons. The number of hydrogen-bond donors (Lipinski definition) is 3. The number of benzene rings is 2. The van der Waals surface area contributed by atoms with Gasteiger partial charge in [0.15, 0.2) is 5.76 Å². The van der Waals surface area contributed by atoms with Gasteiger partial charge in [-0.2, -0.15) is 0 Å². The van der Waals surface area contributed by atoms with E-state index in [9.17, 15) is 19.8 Å². The van der Waals surface area contributed by atoms with E-state index in [2.05, 4.69) is 41.2 Å². The maximum absolute atomic E-state index is 14.1. The number of likely N-dealkylation sites (tertiary alicyclic amines) is 2. The number of carbonyl (C=O) groups is 2. The van der Waals surface area contributed by atoms with Gasteiger partial charge in [0.05, 0.1) is 46.0 Å². The predicted octanol–water partition coefficient (Wildman–Crippen LogP) is 6.21. The number of para-hydroxylation sites is 1. The summed E-state index contributed by atoms with van der Waals surface area (Å²) in [5, 5.41) is 37.0. The number of aryl methyl sites for hydroxylation is 2. The van der Waals surface area contributed by atoms with Crippen LogP contribution in [0.3, 0.4) is 0 Å². The van der Waals surface area contributed by atoms with Gasteiger partial charge in [-0.1, -0.05) is 50.2 Å². The molecule has 59 heavy (non-hydrogen) atoms. The molecule has 4 atom stereocenters. The third kappa shape index (κ3) is 8.32. The third-order valence-electron chi connectivity index (χ3n) is 11.6. The third-order valence-corrected chi connectivity index (χ3v) is 12.6. The molecule has 2 amide bonds. The smallest absolute Gasteiger partial charge is 0.254 e. The van der Waals surface area contributed by atoms with Crippen LogP contribution >= 0.6 is 11.3 Å². The van der Waals surface area contributed by atoms with E-state index in [4.69, 9.17) is 9.26 Å². The van der Waals surface area contributed by atoms with Crippen molar-refractivity contribution in [2.45, 2.75) is 70.6 Å². The van der Waals surface area contributed by atoms with Crippen molar-refractivity contribution in [3.63, 3.8) is 0 Å². The number of aromatic hydroxyl groups is 1. The van der Waals surface area contributed by atoms with E-state index in [0.717, 1.165) is 58.8 Å². The van der Waals surface area contributed by atoms with Gasteiger partial charge < -0.3 is 39.2 Å². The van der Waals surface area contributed by atoms with Crippen molar-refractivity contribution in [1.82, 2.24) is 40.0 Å². The second kappa shape index (κ2) is 16.9. The Kier molecular flexibility index (Phi) is 11.5. The molecular formula is C44H50N8O6S. The van der Waals surface area contributed by atoms with Crippen LogP contribution in [0, 0.1) is 12.8 Å². The number of nitrogens with zero attached hydrogens (tertiary/aromatic N) is 7. The zero-order valence-electron chi connectivity index (χ0n) is 33.9. The minimum Gasteiger partial charge on any atom is -0.507 e. The Bertz CT molecular complexity index is 2440. The number of rotatable bonds is 14. The topological polar surface area (TPSA) is 172 Å². The Labute approximate surface area is 346 Å². The highest BCUT2D eigenvalue weighted by atomic mass is 32.1. The Morgan fingerprint density at radius 2 is 1.81 bits per heavy atom. The van der Waals surface area contributed by atoms with E-state index < -0.39 is 18.1 Å². The minimum atomic E-state index is -0.822. The number of thiazole rings is 1. The molecule has 6 heterocycles. The van der Waals surface area contributed by atoms with Crippen LogP contribution in [0.5, 0.6) is 11.6 Å². The number of amides is 2. The van der Waals surface area contributed by atoms with Crippen molar-refractivity contribution >= 4 is 34.2 Å². The van der Waals surface area contributed by atoms with Crippen LogP contribution in [0.1, 0.15) is 74.2 Å². The van der Waals surface area contributed by atoms with Crippen LogP contribution in [-0.2, 0) is 16.6 Å². The first-order valence-electron chi connectivity index (χ1n) is 20.2. The largest absolute Gasteiger partial charge is 0.507 e. The Morgan fingerprint density at radius 1 is 1.03 bits per heavy atom. The molecule has 2 aliphatic heterocycles. The number of hydrogen-bond acceptors (Lipinski definition) is 12. The number of carbonyl (C=O) groups excluding carboxylic acids is 2. The molecule has 2 fully saturated rings.